The molecule has 0 aliphatic carbocycles. The van der Waals surface area contributed by atoms with Crippen LogP contribution in [0, 0.1) is 0 Å². The zero-order chi connectivity index (χ0) is 14.4. The third-order valence-corrected chi connectivity index (χ3v) is 3.79. The zero-order valence-electron chi connectivity index (χ0n) is 10.8. The van der Waals surface area contributed by atoms with Crippen molar-refractivity contribution < 1.29 is 14.3 Å². The largest absolute Gasteiger partial charge is 0.469 e. The van der Waals surface area contributed by atoms with Crippen LogP contribution in [0.1, 0.15) is 23.7 Å². The van der Waals surface area contributed by atoms with Crippen LogP contribution in [-0.2, 0) is 9.53 Å². The summed E-state index contributed by atoms with van der Waals surface area (Å²) in [6.45, 7) is 2.77. The Bertz CT molecular complexity index is 477. The number of carbonyl (C=O) groups excluding carboxylic acids is 2. The maximum Gasteiger partial charge on any atom is 0.307 e. The van der Waals surface area contributed by atoms with Gasteiger partial charge in [-0.2, -0.15) is 0 Å². The molecular formula is C13H15Br2NO3. The molecule has 0 aliphatic rings. The number of rotatable bonds is 5. The first kappa shape index (κ1) is 16.2. The third kappa shape index (κ3) is 4.62. The molecule has 104 valence electrons. The number of halogens is 2. The van der Waals surface area contributed by atoms with Gasteiger partial charge in [0.15, 0.2) is 0 Å². The number of carbonyl (C=O) groups is 2. The Morgan fingerprint density at radius 1 is 1.32 bits per heavy atom. The number of benzene rings is 1. The van der Waals surface area contributed by atoms with E-state index in [1.807, 2.05) is 19.1 Å². The number of amides is 1. The summed E-state index contributed by atoms with van der Waals surface area (Å²) in [5.41, 5.74) is 0.579. The van der Waals surface area contributed by atoms with Gasteiger partial charge in [0.05, 0.1) is 19.1 Å². The Morgan fingerprint density at radius 3 is 2.53 bits per heavy atom. The summed E-state index contributed by atoms with van der Waals surface area (Å²) in [6.07, 6.45) is 0.199. The lowest BCUT2D eigenvalue weighted by Gasteiger charge is -2.21. The predicted molar refractivity (Wildman–Crippen MR) is 80.1 cm³/mol. The van der Waals surface area contributed by atoms with Crippen molar-refractivity contribution >= 4 is 43.7 Å². The van der Waals surface area contributed by atoms with E-state index in [-0.39, 0.29) is 18.3 Å². The SMILES string of the molecule is CCN(CCC(=O)OC)C(=O)c1ccc(Br)cc1Br. The summed E-state index contributed by atoms with van der Waals surface area (Å²) in [5.74, 6) is -0.424. The minimum Gasteiger partial charge on any atom is -0.469 e. The number of methoxy groups -OCH3 is 1. The van der Waals surface area contributed by atoms with Crippen LogP contribution < -0.4 is 0 Å². The van der Waals surface area contributed by atoms with Crippen molar-refractivity contribution in [1.82, 2.24) is 4.90 Å². The Labute approximate surface area is 129 Å². The lowest BCUT2D eigenvalue weighted by atomic mass is 10.2. The van der Waals surface area contributed by atoms with Crippen LogP contribution in [0.3, 0.4) is 0 Å². The van der Waals surface area contributed by atoms with Gasteiger partial charge in [0.1, 0.15) is 0 Å². The van der Waals surface area contributed by atoms with Gasteiger partial charge < -0.3 is 9.64 Å². The molecule has 0 saturated heterocycles. The molecule has 0 heterocycles. The summed E-state index contributed by atoms with van der Waals surface area (Å²) in [5, 5.41) is 0. The smallest absolute Gasteiger partial charge is 0.307 e. The standard InChI is InChI=1S/C13H15Br2NO3/c1-3-16(7-6-12(17)19-2)13(18)10-5-4-9(14)8-11(10)15/h4-5,8H,3,6-7H2,1-2H3. The summed E-state index contributed by atoms with van der Waals surface area (Å²) in [4.78, 5) is 25.1. The third-order valence-electron chi connectivity index (χ3n) is 2.64. The highest BCUT2D eigenvalue weighted by molar-refractivity contribution is 9.11. The van der Waals surface area contributed by atoms with Gasteiger partial charge in [-0.05, 0) is 41.1 Å². The molecule has 19 heavy (non-hydrogen) atoms. The molecule has 4 nitrogen and oxygen atoms in total. The van der Waals surface area contributed by atoms with Crippen molar-refractivity contribution in [3.05, 3.63) is 32.7 Å². The van der Waals surface area contributed by atoms with Crippen LogP contribution in [0.5, 0.6) is 0 Å². The maximum atomic E-state index is 12.3. The van der Waals surface area contributed by atoms with E-state index >= 15 is 0 Å². The second-order valence-corrected chi connectivity index (χ2v) is 5.61. The molecule has 0 bridgehead atoms. The van der Waals surface area contributed by atoms with Crippen molar-refractivity contribution in [2.45, 2.75) is 13.3 Å². The van der Waals surface area contributed by atoms with Gasteiger partial charge in [-0.3, -0.25) is 9.59 Å². The molecule has 0 aromatic heterocycles. The van der Waals surface area contributed by atoms with Crippen LogP contribution in [-0.4, -0.2) is 37.0 Å². The first-order valence-corrected chi connectivity index (χ1v) is 7.39. The van der Waals surface area contributed by atoms with Crippen molar-refractivity contribution in [2.24, 2.45) is 0 Å². The first-order chi connectivity index (χ1) is 8.99. The van der Waals surface area contributed by atoms with E-state index in [1.54, 1.807) is 11.0 Å². The highest BCUT2D eigenvalue weighted by atomic mass is 79.9. The number of hydrogen-bond acceptors (Lipinski definition) is 3. The van der Waals surface area contributed by atoms with Gasteiger partial charge in [0, 0.05) is 22.0 Å². The quantitative estimate of drug-likeness (QED) is 0.722. The van der Waals surface area contributed by atoms with Crippen molar-refractivity contribution in [3.8, 4) is 0 Å². The van der Waals surface area contributed by atoms with Gasteiger partial charge in [0.2, 0.25) is 0 Å². The molecule has 0 N–H and O–H groups in total. The monoisotopic (exact) mass is 391 g/mol. The van der Waals surface area contributed by atoms with E-state index in [2.05, 4.69) is 36.6 Å². The van der Waals surface area contributed by atoms with E-state index in [1.165, 1.54) is 7.11 Å². The summed E-state index contributed by atoms with van der Waals surface area (Å²) in [6, 6.07) is 5.38. The molecule has 1 amide bonds. The second kappa shape index (κ2) is 7.65. The van der Waals surface area contributed by atoms with Crippen LogP contribution in [0.2, 0.25) is 0 Å². The molecule has 0 aliphatic heterocycles. The van der Waals surface area contributed by atoms with Crippen LogP contribution in [0.4, 0.5) is 0 Å². The molecule has 0 atom stereocenters. The number of nitrogens with zero attached hydrogens (tertiary/aromatic N) is 1. The molecule has 6 heteroatoms. The van der Waals surface area contributed by atoms with Crippen molar-refractivity contribution in [1.29, 1.82) is 0 Å². The molecule has 1 rings (SSSR count). The van der Waals surface area contributed by atoms with Gasteiger partial charge in [-0.15, -0.1) is 0 Å². The number of ether oxygens (including phenoxy) is 1. The van der Waals surface area contributed by atoms with Gasteiger partial charge in [0.25, 0.3) is 5.91 Å². The van der Waals surface area contributed by atoms with Crippen molar-refractivity contribution in [3.63, 3.8) is 0 Å². The van der Waals surface area contributed by atoms with E-state index in [0.29, 0.717) is 18.7 Å². The van der Waals surface area contributed by atoms with E-state index in [4.69, 9.17) is 0 Å². The minimum atomic E-state index is -0.318. The zero-order valence-corrected chi connectivity index (χ0v) is 14.0. The topological polar surface area (TPSA) is 46.6 Å². The Kier molecular flexibility index (Phi) is 6.51. The molecular weight excluding hydrogens is 378 g/mol. The fourth-order valence-corrected chi connectivity index (χ4v) is 2.78. The van der Waals surface area contributed by atoms with Crippen molar-refractivity contribution in [2.75, 3.05) is 20.2 Å². The molecule has 0 unspecified atom stereocenters. The Balaban J connectivity index is 2.80. The van der Waals surface area contributed by atoms with E-state index < -0.39 is 0 Å². The summed E-state index contributed by atoms with van der Waals surface area (Å²) in [7, 11) is 1.34. The molecule has 0 fully saturated rings. The number of esters is 1. The highest BCUT2D eigenvalue weighted by Crippen LogP contribution is 2.23. The Morgan fingerprint density at radius 2 is 2.00 bits per heavy atom. The van der Waals surface area contributed by atoms with Gasteiger partial charge in [-0.25, -0.2) is 0 Å². The van der Waals surface area contributed by atoms with E-state index in [9.17, 15) is 9.59 Å². The highest BCUT2D eigenvalue weighted by Gasteiger charge is 2.18. The molecule has 1 aromatic rings. The van der Waals surface area contributed by atoms with Gasteiger partial charge in [-0.1, -0.05) is 15.9 Å². The van der Waals surface area contributed by atoms with Crippen LogP contribution in [0.15, 0.2) is 27.1 Å². The fourth-order valence-electron chi connectivity index (χ4n) is 1.56. The second-order valence-electron chi connectivity index (χ2n) is 3.84. The average molecular weight is 393 g/mol. The van der Waals surface area contributed by atoms with Crippen LogP contribution in [0.25, 0.3) is 0 Å². The molecule has 1 aromatic carbocycles. The summed E-state index contributed by atoms with van der Waals surface area (Å²) < 4.78 is 6.20. The van der Waals surface area contributed by atoms with E-state index in [0.717, 1.165) is 8.95 Å². The first-order valence-electron chi connectivity index (χ1n) is 5.80. The predicted octanol–water partition coefficient (Wildman–Crippen LogP) is 3.24. The Hall–Kier alpha value is -0.880. The molecule has 0 radical (unpaired) electrons. The summed E-state index contributed by atoms with van der Waals surface area (Å²) >= 11 is 6.71. The maximum absolute atomic E-state index is 12.3. The molecule has 0 saturated carbocycles. The fraction of sp³-hybridized carbons (Fsp3) is 0.385. The molecule has 0 spiro atoms. The lowest BCUT2D eigenvalue weighted by molar-refractivity contribution is -0.140. The van der Waals surface area contributed by atoms with Gasteiger partial charge >= 0.3 is 5.97 Å². The average Bonchev–Trinajstić information content (AvgIpc) is 2.38. The lowest BCUT2D eigenvalue weighted by Crippen LogP contribution is -2.33. The normalized spacial score (nSPS) is 10.1. The minimum absolute atomic E-state index is 0.106. The van der Waals surface area contributed by atoms with Crippen LogP contribution >= 0.6 is 31.9 Å². The number of hydrogen-bond donors (Lipinski definition) is 0.